The highest BCUT2D eigenvalue weighted by atomic mass is 32.1. The molecule has 0 aliphatic heterocycles. The number of aromatic nitrogens is 2. The lowest BCUT2D eigenvalue weighted by atomic mass is 9.83. The maximum absolute atomic E-state index is 12.8. The van der Waals surface area contributed by atoms with E-state index < -0.39 is 17.8 Å². The first-order valence-corrected chi connectivity index (χ1v) is 10.5. The van der Waals surface area contributed by atoms with E-state index in [9.17, 15) is 23.1 Å². The van der Waals surface area contributed by atoms with E-state index in [0.717, 1.165) is 53.0 Å². The van der Waals surface area contributed by atoms with Crippen LogP contribution < -0.4 is 5.32 Å². The second-order valence-electron chi connectivity index (χ2n) is 7.49. The summed E-state index contributed by atoms with van der Waals surface area (Å²) in [5.41, 5.74) is -0.0930. The standard InChI is InChI=1S/C21H20F3N3O2S/c22-21(23,24)18-3-1-2-16(26-18)19(29)25-14-8-9-15-17(10-14)30-20(27-15)13-6-4-12(11-28)5-7-13/h1-3,8-10,12-13,28H,4-7,11H2,(H,25,29). The maximum Gasteiger partial charge on any atom is 0.433 e. The van der Waals surface area contributed by atoms with Crippen molar-refractivity contribution in [2.24, 2.45) is 5.92 Å². The molecule has 30 heavy (non-hydrogen) atoms. The summed E-state index contributed by atoms with van der Waals surface area (Å²) in [5, 5.41) is 13.0. The van der Waals surface area contributed by atoms with Crippen LogP contribution in [0.3, 0.4) is 0 Å². The Morgan fingerprint density at radius 2 is 1.90 bits per heavy atom. The average molecular weight is 435 g/mol. The monoisotopic (exact) mass is 435 g/mol. The van der Waals surface area contributed by atoms with E-state index in [0.29, 0.717) is 17.5 Å². The van der Waals surface area contributed by atoms with Gasteiger partial charge in [0.1, 0.15) is 11.4 Å². The van der Waals surface area contributed by atoms with E-state index >= 15 is 0 Å². The molecule has 1 aromatic carbocycles. The average Bonchev–Trinajstić information content (AvgIpc) is 3.16. The summed E-state index contributed by atoms with van der Waals surface area (Å²) in [5.74, 6) is 0.0481. The lowest BCUT2D eigenvalue weighted by Gasteiger charge is -2.25. The Bertz CT molecular complexity index is 1060. The number of halogens is 3. The lowest BCUT2D eigenvalue weighted by molar-refractivity contribution is -0.141. The van der Waals surface area contributed by atoms with E-state index in [1.807, 2.05) is 0 Å². The molecular weight excluding hydrogens is 415 g/mol. The largest absolute Gasteiger partial charge is 0.433 e. The molecule has 3 aromatic rings. The molecule has 158 valence electrons. The van der Waals surface area contributed by atoms with Crippen LogP contribution in [0.5, 0.6) is 0 Å². The van der Waals surface area contributed by atoms with Gasteiger partial charge in [0.2, 0.25) is 0 Å². The maximum atomic E-state index is 12.8. The topological polar surface area (TPSA) is 75.1 Å². The molecular formula is C21H20F3N3O2S. The zero-order valence-electron chi connectivity index (χ0n) is 15.9. The number of aliphatic hydroxyl groups excluding tert-OH is 1. The molecule has 2 aromatic heterocycles. The number of carbonyl (C=O) groups excluding carboxylic acids is 1. The van der Waals surface area contributed by atoms with Crippen molar-refractivity contribution in [3.63, 3.8) is 0 Å². The van der Waals surface area contributed by atoms with Gasteiger partial charge in [-0.25, -0.2) is 9.97 Å². The second-order valence-corrected chi connectivity index (χ2v) is 8.56. The van der Waals surface area contributed by atoms with Crippen LogP contribution in [-0.2, 0) is 6.18 Å². The highest BCUT2D eigenvalue weighted by Crippen LogP contribution is 2.39. The predicted octanol–water partition coefficient (Wildman–Crippen LogP) is 5.23. The number of nitrogens with zero attached hydrogens (tertiary/aromatic N) is 2. The molecule has 2 heterocycles. The fraction of sp³-hybridized carbons (Fsp3) is 0.381. The van der Waals surface area contributed by atoms with Crippen LogP contribution in [0, 0.1) is 5.92 Å². The summed E-state index contributed by atoms with van der Waals surface area (Å²) >= 11 is 1.57. The van der Waals surface area contributed by atoms with Gasteiger partial charge < -0.3 is 10.4 Å². The summed E-state index contributed by atoms with van der Waals surface area (Å²) in [7, 11) is 0. The first-order valence-electron chi connectivity index (χ1n) is 9.70. The molecule has 1 amide bonds. The number of anilines is 1. The lowest BCUT2D eigenvalue weighted by Crippen LogP contribution is -2.16. The Morgan fingerprint density at radius 1 is 1.13 bits per heavy atom. The molecule has 1 fully saturated rings. The number of thiazole rings is 1. The highest BCUT2D eigenvalue weighted by molar-refractivity contribution is 7.18. The smallest absolute Gasteiger partial charge is 0.396 e. The minimum atomic E-state index is -4.61. The van der Waals surface area contributed by atoms with Crippen molar-refractivity contribution in [2.45, 2.75) is 37.8 Å². The van der Waals surface area contributed by atoms with E-state index in [-0.39, 0.29) is 12.3 Å². The Balaban J connectivity index is 1.49. The van der Waals surface area contributed by atoms with Crippen molar-refractivity contribution in [2.75, 3.05) is 11.9 Å². The molecule has 0 bridgehead atoms. The van der Waals surface area contributed by atoms with Crippen LogP contribution in [0.25, 0.3) is 10.2 Å². The van der Waals surface area contributed by atoms with Crippen LogP contribution in [0.4, 0.5) is 18.9 Å². The van der Waals surface area contributed by atoms with E-state index in [1.54, 1.807) is 29.5 Å². The predicted molar refractivity (Wildman–Crippen MR) is 109 cm³/mol. The summed E-state index contributed by atoms with van der Waals surface area (Å²) in [4.78, 5) is 20.5. The third-order valence-corrected chi connectivity index (χ3v) is 6.57. The normalized spacial score (nSPS) is 19.7. The zero-order valence-corrected chi connectivity index (χ0v) is 16.8. The first kappa shape index (κ1) is 20.7. The fourth-order valence-electron chi connectivity index (χ4n) is 3.70. The number of benzene rings is 1. The highest BCUT2D eigenvalue weighted by Gasteiger charge is 2.33. The molecule has 4 rings (SSSR count). The second kappa shape index (κ2) is 8.31. The van der Waals surface area contributed by atoms with Crippen molar-refractivity contribution in [3.05, 3.63) is 52.8 Å². The Kier molecular flexibility index (Phi) is 5.75. The van der Waals surface area contributed by atoms with Crippen LogP contribution in [0.2, 0.25) is 0 Å². The minimum absolute atomic E-state index is 0.232. The van der Waals surface area contributed by atoms with Crippen LogP contribution in [-0.4, -0.2) is 27.6 Å². The number of fused-ring (bicyclic) bond motifs is 1. The fourth-order valence-corrected chi connectivity index (χ4v) is 4.88. The van der Waals surface area contributed by atoms with Gasteiger partial charge in [0.05, 0.1) is 15.2 Å². The summed E-state index contributed by atoms with van der Waals surface area (Å²) < 4.78 is 39.4. The van der Waals surface area contributed by atoms with Crippen molar-refractivity contribution in [1.82, 2.24) is 9.97 Å². The zero-order chi connectivity index (χ0) is 21.3. The third kappa shape index (κ3) is 4.46. The number of amides is 1. The first-order chi connectivity index (χ1) is 14.3. The molecule has 0 radical (unpaired) electrons. The van der Waals surface area contributed by atoms with Gasteiger partial charge >= 0.3 is 6.18 Å². The van der Waals surface area contributed by atoms with Crippen LogP contribution in [0.15, 0.2) is 36.4 Å². The number of nitrogens with one attached hydrogen (secondary N) is 1. The van der Waals surface area contributed by atoms with Gasteiger partial charge in [-0.1, -0.05) is 6.07 Å². The molecule has 0 spiro atoms. The molecule has 1 aliphatic rings. The number of aliphatic hydroxyl groups is 1. The summed E-state index contributed by atoms with van der Waals surface area (Å²) in [6.07, 6.45) is -0.638. The summed E-state index contributed by atoms with van der Waals surface area (Å²) in [6, 6.07) is 8.49. The molecule has 0 atom stereocenters. The van der Waals surface area contributed by atoms with Crippen molar-refractivity contribution >= 4 is 33.1 Å². The number of carbonyl (C=O) groups is 1. The number of rotatable bonds is 4. The minimum Gasteiger partial charge on any atom is -0.396 e. The van der Waals surface area contributed by atoms with Crippen molar-refractivity contribution < 1.29 is 23.1 Å². The number of pyridine rings is 1. The van der Waals surface area contributed by atoms with Gasteiger partial charge in [-0.05, 0) is 61.9 Å². The van der Waals surface area contributed by atoms with E-state index in [4.69, 9.17) is 4.98 Å². The van der Waals surface area contributed by atoms with Crippen LogP contribution in [0.1, 0.15) is 52.8 Å². The van der Waals surface area contributed by atoms with Gasteiger partial charge in [-0.2, -0.15) is 13.2 Å². The van der Waals surface area contributed by atoms with E-state index in [1.165, 1.54) is 6.07 Å². The molecule has 0 saturated heterocycles. The summed E-state index contributed by atoms with van der Waals surface area (Å²) in [6.45, 7) is 0.232. The van der Waals surface area contributed by atoms with Crippen molar-refractivity contribution in [1.29, 1.82) is 0 Å². The molecule has 1 saturated carbocycles. The Morgan fingerprint density at radius 3 is 2.60 bits per heavy atom. The van der Waals surface area contributed by atoms with E-state index in [2.05, 4.69) is 10.3 Å². The number of hydrogen-bond acceptors (Lipinski definition) is 5. The Hall–Kier alpha value is -2.52. The van der Waals surface area contributed by atoms with Gasteiger partial charge in [0.25, 0.3) is 5.91 Å². The third-order valence-electron chi connectivity index (χ3n) is 5.39. The molecule has 0 unspecified atom stereocenters. The Labute approximate surface area is 175 Å². The number of alkyl halides is 3. The van der Waals surface area contributed by atoms with Crippen LogP contribution >= 0.6 is 11.3 Å². The van der Waals surface area contributed by atoms with Gasteiger partial charge in [-0.3, -0.25) is 4.79 Å². The van der Waals surface area contributed by atoms with Gasteiger partial charge in [0, 0.05) is 18.2 Å². The molecule has 2 N–H and O–H groups in total. The quantitative estimate of drug-likeness (QED) is 0.589. The van der Waals surface area contributed by atoms with Gasteiger partial charge in [-0.15, -0.1) is 11.3 Å². The molecule has 9 heteroatoms. The SMILES string of the molecule is O=C(Nc1ccc2nc(C3CCC(CO)CC3)sc2c1)c1cccc(C(F)(F)F)n1. The molecule has 1 aliphatic carbocycles. The molecule has 5 nitrogen and oxygen atoms in total. The van der Waals surface area contributed by atoms with Crippen molar-refractivity contribution in [3.8, 4) is 0 Å². The number of hydrogen-bond donors (Lipinski definition) is 2. The van der Waals surface area contributed by atoms with Gasteiger partial charge in [0.15, 0.2) is 0 Å².